The number of ether oxygens (including phenoxy) is 3. The van der Waals surface area contributed by atoms with Gasteiger partial charge in [-0.3, -0.25) is 14.4 Å². The molecule has 0 aliphatic carbocycles. The summed E-state index contributed by atoms with van der Waals surface area (Å²) in [5.74, 6) is -0.909. The summed E-state index contributed by atoms with van der Waals surface area (Å²) in [7, 11) is 0. The molecule has 0 saturated carbocycles. The van der Waals surface area contributed by atoms with Crippen LogP contribution in [-0.2, 0) is 28.6 Å². The van der Waals surface area contributed by atoms with Crippen molar-refractivity contribution in [2.45, 2.75) is 322 Å². The van der Waals surface area contributed by atoms with Crippen molar-refractivity contribution in [3.05, 3.63) is 134 Å². The fourth-order valence-electron chi connectivity index (χ4n) is 9.49. The first kappa shape index (κ1) is 78.5. The molecule has 0 aliphatic rings. The lowest BCUT2D eigenvalue weighted by Crippen LogP contribution is -2.30. The van der Waals surface area contributed by atoms with Crippen LogP contribution in [0.5, 0.6) is 0 Å². The van der Waals surface area contributed by atoms with Gasteiger partial charge in [-0.25, -0.2) is 0 Å². The van der Waals surface area contributed by atoms with Gasteiger partial charge in [0.15, 0.2) is 6.10 Å². The predicted molar refractivity (Wildman–Crippen MR) is 362 cm³/mol. The topological polar surface area (TPSA) is 78.9 Å². The Balaban J connectivity index is 4.22. The van der Waals surface area contributed by atoms with Crippen LogP contribution < -0.4 is 0 Å². The highest BCUT2D eigenvalue weighted by atomic mass is 16.6. The summed E-state index contributed by atoms with van der Waals surface area (Å²) in [6.07, 6.45) is 99.1. The van der Waals surface area contributed by atoms with E-state index in [4.69, 9.17) is 14.2 Å². The van der Waals surface area contributed by atoms with Crippen LogP contribution in [0.3, 0.4) is 0 Å². The molecule has 0 spiro atoms. The molecule has 0 fully saturated rings. The number of allylic oxidation sites excluding steroid dienone is 22. The van der Waals surface area contributed by atoms with Gasteiger partial charge in [-0.15, -0.1) is 0 Å². The Morgan fingerprint density at radius 2 is 0.470 bits per heavy atom. The van der Waals surface area contributed by atoms with Gasteiger partial charge >= 0.3 is 17.9 Å². The Morgan fingerprint density at radius 3 is 0.747 bits per heavy atom. The van der Waals surface area contributed by atoms with Crippen molar-refractivity contribution in [3.8, 4) is 0 Å². The third-order valence-electron chi connectivity index (χ3n) is 14.6. The quantitative estimate of drug-likeness (QED) is 0.0261. The van der Waals surface area contributed by atoms with Crippen LogP contribution in [0.25, 0.3) is 0 Å². The maximum atomic E-state index is 12.9. The minimum absolute atomic E-state index is 0.0892. The Kier molecular flexibility index (Phi) is 66.3. The maximum absolute atomic E-state index is 12.9. The first-order valence-corrected chi connectivity index (χ1v) is 34.7. The molecule has 472 valence electrons. The lowest BCUT2D eigenvalue weighted by atomic mass is 10.0. The fourth-order valence-corrected chi connectivity index (χ4v) is 9.49. The van der Waals surface area contributed by atoms with Gasteiger partial charge in [-0.05, 0) is 135 Å². The number of esters is 3. The first-order valence-electron chi connectivity index (χ1n) is 34.7. The summed E-state index contributed by atoms with van der Waals surface area (Å²) in [4.78, 5) is 38.4. The number of hydrogen-bond acceptors (Lipinski definition) is 6. The summed E-state index contributed by atoms with van der Waals surface area (Å²) >= 11 is 0. The summed E-state index contributed by atoms with van der Waals surface area (Å²) < 4.78 is 16.9. The lowest BCUT2D eigenvalue weighted by Gasteiger charge is -2.18. The van der Waals surface area contributed by atoms with Crippen LogP contribution in [0.1, 0.15) is 316 Å². The van der Waals surface area contributed by atoms with Gasteiger partial charge in [0, 0.05) is 19.3 Å². The molecular weight excluding hydrogens is 1020 g/mol. The van der Waals surface area contributed by atoms with Crippen molar-refractivity contribution in [1.29, 1.82) is 0 Å². The van der Waals surface area contributed by atoms with Gasteiger partial charge in [0.1, 0.15) is 13.2 Å². The molecule has 6 heteroatoms. The number of carbonyl (C=O) groups is 3. The zero-order chi connectivity index (χ0) is 59.9. The number of carbonyl (C=O) groups excluding carboxylic acids is 3. The normalized spacial score (nSPS) is 13.0. The molecule has 83 heavy (non-hydrogen) atoms. The van der Waals surface area contributed by atoms with Crippen LogP contribution in [0.2, 0.25) is 0 Å². The minimum Gasteiger partial charge on any atom is -0.462 e. The third-order valence-corrected chi connectivity index (χ3v) is 14.6. The van der Waals surface area contributed by atoms with E-state index in [1.165, 1.54) is 128 Å². The Hall–Kier alpha value is -4.45. The van der Waals surface area contributed by atoms with Gasteiger partial charge in [0.05, 0.1) is 0 Å². The SMILES string of the molecule is CC/C=C\C/C=C\C/C=C\C/C=C\C/C=C\C/C=C\C/C=C\CCCCCCCCCCCCCCCC(=O)OCC(COC(=O)CCCCCCC/C=C\CCCCCCCC)OC(=O)CCCCCCC/C=C\C/C=C\C/C=C\CC. The van der Waals surface area contributed by atoms with Crippen molar-refractivity contribution < 1.29 is 28.6 Å². The molecule has 0 rings (SSSR count). The van der Waals surface area contributed by atoms with Gasteiger partial charge in [-0.1, -0.05) is 296 Å². The molecule has 0 N–H and O–H groups in total. The van der Waals surface area contributed by atoms with E-state index < -0.39 is 6.10 Å². The van der Waals surface area contributed by atoms with E-state index in [2.05, 4.69) is 154 Å². The van der Waals surface area contributed by atoms with E-state index in [1.807, 2.05) is 0 Å². The molecular formula is C77H128O6. The van der Waals surface area contributed by atoms with Crippen molar-refractivity contribution in [1.82, 2.24) is 0 Å². The van der Waals surface area contributed by atoms with Gasteiger partial charge in [0.2, 0.25) is 0 Å². The lowest BCUT2D eigenvalue weighted by molar-refractivity contribution is -0.167. The molecule has 1 unspecified atom stereocenters. The summed E-state index contributed by atoms with van der Waals surface area (Å²) in [5, 5.41) is 0. The smallest absolute Gasteiger partial charge is 0.306 e. The van der Waals surface area contributed by atoms with E-state index in [0.29, 0.717) is 19.3 Å². The van der Waals surface area contributed by atoms with Gasteiger partial charge in [0.25, 0.3) is 0 Å². The zero-order valence-corrected chi connectivity index (χ0v) is 54.2. The average molecular weight is 1150 g/mol. The Bertz CT molecular complexity index is 1750. The van der Waals surface area contributed by atoms with Crippen LogP contribution in [0.4, 0.5) is 0 Å². The molecule has 0 radical (unpaired) electrons. The van der Waals surface area contributed by atoms with E-state index >= 15 is 0 Å². The van der Waals surface area contributed by atoms with Crippen molar-refractivity contribution in [3.63, 3.8) is 0 Å². The predicted octanol–water partition coefficient (Wildman–Crippen LogP) is 24.1. The molecule has 0 heterocycles. The molecule has 0 bridgehead atoms. The Labute approximate surface area is 513 Å². The fraction of sp³-hybridized carbons (Fsp3) is 0.675. The molecule has 0 saturated heterocycles. The second-order valence-electron chi connectivity index (χ2n) is 22.7. The van der Waals surface area contributed by atoms with E-state index in [-0.39, 0.29) is 31.1 Å². The highest BCUT2D eigenvalue weighted by molar-refractivity contribution is 5.71. The van der Waals surface area contributed by atoms with Crippen molar-refractivity contribution >= 4 is 17.9 Å². The Morgan fingerprint density at radius 1 is 0.253 bits per heavy atom. The second-order valence-corrected chi connectivity index (χ2v) is 22.7. The summed E-state index contributed by atoms with van der Waals surface area (Å²) in [6, 6.07) is 0. The van der Waals surface area contributed by atoms with E-state index in [9.17, 15) is 14.4 Å². The molecule has 0 aromatic rings. The average Bonchev–Trinajstić information content (AvgIpc) is 3.49. The summed E-state index contributed by atoms with van der Waals surface area (Å²) in [5.41, 5.74) is 0. The molecule has 0 aromatic heterocycles. The summed E-state index contributed by atoms with van der Waals surface area (Å²) in [6.45, 7) is 6.40. The molecule has 0 aromatic carbocycles. The minimum atomic E-state index is -0.794. The maximum Gasteiger partial charge on any atom is 0.306 e. The monoisotopic (exact) mass is 1150 g/mol. The van der Waals surface area contributed by atoms with Crippen molar-refractivity contribution in [2.75, 3.05) is 13.2 Å². The van der Waals surface area contributed by atoms with Crippen LogP contribution in [-0.4, -0.2) is 37.2 Å². The highest BCUT2D eigenvalue weighted by Crippen LogP contribution is 2.16. The molecule has 0 amide bonds. The first-order chi connectivity index (χ1) is 41.0. The number of rotatable bonds is 62. The van der Waals surface area contributed by atoms with Crippen LogP contribution in [0, 0.1) is 0 Å². The van der Waals surface area contributed by atoms with Crippen molar-refractivity contribution in [2.24, 2.45) is 0 Å². The third kappa shape index (κ3) is 68.2. The van der Waals surface area contributed by atoms with Gasteiger partial charge < -0.3 is 14.2 Å². The molecule has 6 nitrogen and oxygen atoms in total. The largest absolute Gasteiger partial charge is 0.462 e. The second kappa shape index (κ2) is 70.0. The van der Waals surface area contributed by atoms with Gasteiger partial charge in [-0.2, -0.15) is 0 Å². The van der Waals surface area contributed by atoms with E-state index in [0.717, 1.165) is 148 Å². The molecule has 0 aliphatic heterocycles. The number of unbranched alkanes of at least 4 members (excludes halogenated alkanes) is 29. The zero-order valence-electron chi connectivity index (χ0n) is 54.2. The van der Waals surface area contributed by atoms with E-state index in [1.54, 1.807) is 0 Å². The van der Waals surface area contributed by atoms with Crippen LogP contribution in [0.15, 0.2) is 134 Å². The standard InChI is InChI=1S/C77H128O6/c1-4-7-10-13-16-19-22-25-28-29-30-31-32-33-34-35-36-37-38-39-40-41-42-43-44-45-46-47-50-52-55-58-61-64-67-70-76(79)82-73-74(83-77(80)71-68-65-62-59-56-53-49-27-24-21-18-15-12-9-6-3)72-81-75(78)69-66-63-60-57-54-51-48-26-23-20-17-14-11-8-5-2/h7,9-10,12,16,18-19,21,25-28,30-31,33-34,36-37,39-40,48-49,74H,4-6,8,11,13-15,17,20,22-24,29,32,35,38,41-47,50-73H2,1-3H3/b10-7-,12-9-,19-16-,21-18-,28-25-,31-30-,34-33-,37-36-,40-39-,48-26-,49-27-. The number of hydrogen-bond donors (Lipinski definition) is 0. The highest BCUT2D eigenvalue weighted by Gasteiger charge is 2.19. The van der Waals surface area contributed by atoms with Crippen LogP contribution >= 0.6 is 0 Å². The molecule has 1 atom stereocenters.